The minimum Gasteiger partial charge on any atom is -0.338 e. The maximum absolute atomic E-state index is 5.87. The molecule has 5 heteroatoms. The van der Waals surface area contributed by atoms with Crippen molar-refractivity contribution in [3.05, 3.63) is 11.7 Å². The summed E-state index contributed by atoms with van der Waals surface area (Å²) in [4.78, 5) is 4.28. The highest BCUT2D eigenvalue weighted by Crippen LogP contribution is 2.15. The first-order valence-electron chi connectivity index (χ1n) is 5.19. The number of hydrogen-bond acceptors (Lipinski definition) is 5. The fourth-order valence-corrected chi connectivity index (χ4v) is 2.00. The average molecular weight is 229 g/mol. The summed E-state index contributed by atoms with van der Waals surface area (Å²) < 4.78 is 5.11. The van der Waals surface area contributed by atoms with E-state index in [2.05, 4.69) is 17.1 Å². The Hall–Kier alpha value is -0.550. The maximum atomic E-state index is 5.87. The van der Waals surface area contributed by atoms with Gasteiger partial charge in [-0.25, -0.2) is 0 Å². The summed E-state index contributed by atoms with van der Waals surface area (Å²) in [5, 5.41) is 3.89. The smallest absolute Gasteiger partial charge is 0.236 e. The van der Waals surface area contributed by atoms with Crippen LogP contribution in [0.5, 0.6) is 0 Å². The molecule has 2 N–H and O–H groups in total. The number of nitrogens with two attached hydrogens (primary N) is 1. The van der Waals surface area contributed by atoms with Gasteiger partial charge in [0.1, 0.15) is 0 Å². The zero-order valence-electron chi connectivity index (χ0n) is 9.62. The van der Waals surface area contributed by atoms with Gasteiger partial charge in [0.25, 0.3) is 0 Å². The molecule has 1 aromatic rings. The summed E-state index contributed by atoms with van der Waals surface area (Å²) >= 11 is 1.72. The van der Waals surface area contributed by atoms with E-state index in [-0.39, 0.29) is 5.54 Å². The van der Waals surface area contributed by atoms with Gasteiger partial charge in [-0.1, -0.05) is 12.1 Å². The van der Waals surface area contributed by atoms with Crippen molar-refractivity contribution in [2.24, 2.45) is 5.73 Å². The van der Waals surface area contributed by atoms with E-state index in [1.807, 2.05) is 13.8 Å². The number of rotatable bonds is 6. The second-order valence-electron chi connectivity index (χ2n) is 4.34. The average Bonchev–Trinajstić information content (AvgIpc) is 2.51. The molecule has 86 valence electrons. The van der Waals surface area contributed by atoms with E-state index < -0.39 is 0 Å². The molecule has 0 amide bonds. The lowest BCUT2D eigenvalue weighted by atomic mass is 10.1. The Bertz CT molecular complexity index is 293. The summed E-state index contributed by atoms with van der Waals surface area (Å²) in [7, 11) is 0. The molecule has 0 atom stereocenters. The van der Waals surface area contributed by atoms with Crippen LogP contribution in [-0.4, -0.2) is 21.4 Å². The van der Waals surface area contributed by atoms with Gasteiger partial charge in [-0.05, 0) is 20.3 Å². The van der Waals surface area contributed by atoms with E-state index in [1.165, 1.54) is 0 Å². The molecule has 0 fully saturated rings. The summed E-state index contributed by atoms with van der Waals surface area (Å²) in [5.74, 6) is 3.14. The lowest BCUT2D eigenvalue weighted by molar-refractivity contribution is 0.384. The third-order valence-corrected chi connectivity index (χ3v) is 3.08. The summed E-state index contributed by atoms with van der Waals surface area (Å²) in [6.45, 7) is 6.12. The Morgan fingerprint density at radius 3 is 2.80 bits per heavy atom. The quantitative estimate of drug-likeness (QED) is 0.808. The zero-order chi connectivity index (χ0) is 11.3. The van der Waals surface area contributed by atoms with Crippen LogP contribution in [0.2, 0.25) is 0 Å². The van der Waals surface area contributed by atoms with Crippen LogP contribution in [0.15, 0.2) is 4.52 Å². The minimum absolute atomic E-state index is 0.142. The van der Waals surface area contributed by atoms with Gasteiger partial charge in [-0.15, -0.1) is 0 Å². The van der Waals surface area contributed by atoms with Crippen LogP contribution in [0.1, 0.15) is 38.9 Å². The molecule has 1 rings (SSSR count). The van der Waals surface area contributed by atoms with Crippen LogP contribution < -0.4 is 5.73 Å². The van der Waals surface area contributed by atoms with Gasteiger partial charge in [0, 0.05) is 17.7 Å². The highest BCUT2D eigenvalue weighted by atomic mass is 32.2. The van der Waals surface area contributed by atoms with E-state index in [0.29, 0.717) is 5.89 Å². The summed E-state index contributed by atoms with van der Waals surface area (Å²) in [6.07, 6.45) is 1.93. The summed E-state index contributed by atoms with van der Waals surface area (Å²) in [5.41, 5.74) is 5.72. The van der Waals surface area contributed by atoms with Crippen molar-refractivity contribution in [1.29, 1.82) is 0 Å². The Labute approximate surface area is 95.0 Å². The minimum atomic E-state index is -0.142. The molecule has 1 aromatic heterocycles. The molecule has 4 nitrogen and oxygen atoms in total. The van der Waals surface area contributed by atoms with Crippen molar-refractivity contribution >= 4 is 11.8 Å². The third-order valence-electron chi connectivity index (χ3n) is 1.68. The van der Waals surface area contributed by atoms with Crippen LogP contribution in [-0.2, 0) is 12.2 Å². The highest BCUT2D eigenvalue weighted by molar-refractivity contribution is 7.98. The molecule has 0 unspecified atom stereocenters. The Morgan fingerprint density at radius 1 is 1.47 bits per heavy atom. The predicted molar refractivity (Wildman–Crippen MR) is 62.7 cm³/mol. The molecule has 0 radical (unpaired) electrons. The Morgan fingerprint density at radius 2 is 2.20 bits per heavy atom. The van der Waals surface area contributed by atoms with Gasteiger partial charge in [0.15, 0.2) is 5.82 Å². The maximum Gasteiger partial charge on any atom is 0.236 e. The van der Waals surface area contributed by atoms with Crippen molar-refractivity contribution in [3.63, 3.8) is 0 Å². The first kappa shape index (κ1) is 12.5. The second kappa shape index (κ2) is 5.51. The third kappa shape index (κ3) is 5.18. The molecule has 0 bridgehead atoms. The normalized spacial score (nSPS) is 12.0. The van der Waals surface area contributed by atoms with Gasteiger partial charge in [-0.2, -0.15) is 16.7 Å². The molecule has 15 heavy (non-hydrogen) atoms. The van der Waals surface area contributed by atoms with Crippen LogP contribution >= 0.6 is 11.8 Å². The molecule has 0 saturated heterocycles. The van der Waals surface area contributed by atoms with Crippen LogP contribution in [0, 0.1) is 0 Å². The van der Waals surface area contributed by atoms with Crippen LogP contribution in [0.25, 0.3) is 0 Å². The lowest BCUT2D eigenvalue weighted by Gasteiger charge is -2.16. The van der Waals surface area contributed by atoms with Crippen molar-refractivity contribution in [2.75, 3.05) is 5.75 Å². The summed E-state index contributed by atoms with van der Waals surface area (Å²) in [6, 6.07) is 0. The molecular formula is C10H19N3OS. The van der Waals surface area contributed by atoms with E-state index >= 15 is 0 Å². The number of nitrogens with zero attached hydrogens (tertiary/aromatic N) is 2. The Balaban J connectivity index is 2.31. The number of hydrogen-bond donors (Lipinski definition) is 1. The van der Waals surface area contributed by atoms with Crippen LogP contribution in [0.4, 0.5) is 0 Å². The van der Waals surface area contributed by atoms with Gasteiger partial charge < -0.3 is 10.3 Å². The fraction of sp³-hybridized carbons (Fsp3) is 0.800. The van der Waals surface area contributed by atoms with E-state index in [0.717, 1.165) is 30.2 Å². The predicted octanol–water partition coefficient (Wildman–Crippen LogP) is 1.99. The number of thioether (sulfide) groups is 1. The zero-order valence-corrected chi connectivity index (χ0v) is 10.4. The van der Waals surface area contributed by atoms with Gasteiger partial charge in [0.2, 0.25) is 5.89 Å². The van der Waals surface area contributed by atoms with E-state index in [9.17, 15) is 0 Å². The molecule has 0 spiro atoms. The first-order chi connectivity index (χ1) is 7.01. The molecule has 0 aliphatic carbocycles. The number of aryl methyl sites for hydroxylation is 1. The fourth-order valence-electron chi connectivity index (χ4n) is 1.08. The van der Waals surface area contributed by atoms with E-state index in [1.54, 1.807) is 11.8 Å². The first-order valence-corrected chi connectivity index (χ1v) is 6.35. The highest BCUT2D eigenvalue weighted by Gasteiger charge is 2.12. The topological polar surface area (TPSA) is 64.9 Å². The second-order valence-corrected chi connectivity index (χ2v) is 5.32. The largest absolute Gasteiger partial charge is 0.338 e. The molecule has 0 aliphatic heterocycles. The monoisotopic (exact) mass is 229 g/mol. The Kier molecular flexibility index (Phi) is 4.60. The van der Waals surface area contributed by atoms with Crippen molar-refractivity contribution in [1.82, 2.24) is 10.1 Å². The van der Waals surface area contributed by atoms with Gasteiger partial charge >= 0.3 is 0 Å². The van der Waals surface area contributed by atoms with Crippen molar-refractivity contribution < 1.29 is 4.52 Å². The van der Waals surface area contributed by atoms with Crippen LogP contribution in [0.3, 0.4) is 0 Å². The van der Waals surface area contributed by atoms with Gasteiger partial charge in [0.05, 0.1) is 5.75 Å². The molecule has 0 aliphatic rings. The van der Waals surface area contributed by atoms with Crippen molar-refractivity contribution in [2.45, 2.75) is 44.9 Å². The molecular weight excluding hydrogens is 210 g/mol. The van der Waals surface area contributed by atoms with E-state index in [4.69, 9.17) is 10.3 Å². The standard InChI is InChI=1S/C10H19N3OS/c1-4-5-8-12-9(14-13-8)6-15-7-10(2,3)11/h4-7,11H2,1-3H3. The SMILES string of the molecule is CCCc1noc(CSCC(C)(C)N)n1. The molecule has 0 aromatic carbocycles. The molecule has 1 heterocycles. The lowest BCUT2D eigenvalue weighted by Crippen LogP contribution is -2.34. The van der Waals surface area contributed by atoms with Gasteiger partial charge in [-0.3, -0.25) is 0 Å². The molecule has 0 saturated carbocycles. The number of aromatic nitrogens is 2. The van der Waals surface area contributed by atoms with Crippen molar-refractivity contribution in [3.8, 4) is 0 Å².